The van der Waals surface area contributed by atoms with E-state index in [0.717, 1.165) is 19.3 Å². The molecule has 0 aromatic carbocycles. The number of carbonyl (C=O) groups excluding carboxylic acids is 2. The second-order valence-electron chi connectivity index (χ2n) is 5.02. The van der Waals surface area contributed by atoms with Crippen molar-refractivity contribution < 1.29 is 14.1 Å². The van der Waals surface area contributed by atoms with Crippen LogP contribution >= 0.6 is 0 Å². The van der Waals surface area contributed by atoms with Gasteiger partial charge < -0.3 is 14.3 Å². The van der Waals surface area contributed by atoms with Gasteiger partial charge >= 0.3 is 0 Å². The Labute approximate surface area is 110 Å². The van der Waals surface area contributed by atoms with Crippen molar-refractivity contribution in [3.05, 3.63) is 11.7 Å². The topological polar surface area (TPSA) is 79.5 Å². The van der Waals surface area contributed by atoms with E-state index in [-0.39, 0.29) is 30.9 Å². The maximum Gasteiger partial charge on any atom is 0.246 e. The Kier molecular flexibility index (Phi) is 2.96. The van der Waals surface area contributed by atoms with Crippen molar-refractivity contribution in [3.63, 3.8) is 0 Å². The predicted molar refractivity (Wildman–Crippen MR) is 63.8 cm³/mol. The number of hydrogen-bond donors (Lipinski definition) is 0. The molecule has 2 aliphatic rings. The molecule has 0 N–H and O–H groups in total. The normalized spacial score (nSPS) is 23.7. The number of fused-ring (bicyclic) bond motifs is 1. The Morgan fingerprint density at radius 2 is 2.21 bits per heavy atom. The number of amides is 2. The molecule has 2 fully saturated rings. The molecule has 0 aliphatic carbocycles. The van der Waals surface area contributed by atoms with E-state index in [1.54, 1.807) is 11.8 Å². The molecule has 7 heteroatoms. The van der Waals surface area contributed by atoms with Crippen molar-refractivity contribution in [3.8, 4) is 0 Å². The number of nitrogens with zero attached hydrogens (tertiary/aromatic N) is 4. The van der Waals surface area contributed by atoms with Gasteiger partial charge in [-0.3, -0.25) is 9.59 Å². The molecular weight excluding hydrogens is 248 g/mol. The van der Waals surface area contributed by atoms with E-state index in [9.17, 15) is 9.59 Å². The molecule has 0 radical (unpaired) electrons. The number of hydrogen-bond acceptors (Lipinski definition) is 5. The largest absolute Gasteiger partial charge is 0.340 e. The average molecular weight is 264 g/mol. The zero-order valence-corrected chi connectivity index (χ0v) is 10.8. The lowest BCUT2D eigenvalue weighted by molar-refractivity contribution is -0.158. The van der Waals surface area contributed by atoms with E-state index < -0.39 is 0 Å². The number of carbonyl (C=O) groups is 2. The summed E-state index contributed by atoms with van der Waals surface area (Å²) in [5.74, 6) is 0.930. The van der Waals surface area contributed by atoms with Crippen molar-refractivity contribution in [1.29, 1.82) is 0 Å². The van der Waals surface area contributed by atoms with Gasteiger partial charge in [0.15, 0.2) is 5.82 Å². The van der Waals surface area contributed by atoms with Gasteiger partial charge in [-0.2, -0.15) is 4.98 Å². The molecule has 0 saturated carbocycles. The molecule has 3 rings (SSSR count). The first-order chi connectivity index (χ1) is 9.15. The molecular formula is C12H16N4O3. The van der Waals surface area contributed by atoms with Crippen LogP contribution in [0, 0.1) is 6.92 Å². The Bertz CT molecular complexity index is 513. The number of piperazine rings is 1. The van der Waals surface area contributed by atoms with Gasteiger partial charge in [-0.1, -0.05) is 5.16 Å². The summed E-state index contributed by atoms with van der Waals surface area (Å²) in [6.45, 7) is 2.75. The monoisotopic (exact) mass is 264 g/mol. The molecule has 1 aromatic heterocycles. The van der Waals surface area contributed by atoms with Crippen LogP contribution in [0.4, 0.5) is 0 Å². The van der Waals surface area contributed by atoms with Crippen LogP contribution in [-0.4, -0.2) is 50.9 Å². The van der Waals surface area contributed by atoms with Gasteiger partial charge in [0.2, 0.25) is 17.7 Å². The second kappa shape index (κ2) is 4.64. The maximum absolute atomic E-state index is 12.4. The molecule has 1 atom stereocenters. The standard InChI is InChI=1S/C12H16N4O3/c1-8-13-10(14-19-8)6-15-7-11(17)16-5-3-2-4-9(16)12(15)18/h9H,2-7H2,1H3. The zero-order chi connectivity index (χ0) is 13.4. The Morgan fingerprint density at radius 1 is 1.37 bits per heavy atom. The molecule has 19 heavy (non-hydrogen) atoms. The lowest BCUT2D eigenvalue weighted by Crippen LogP contribution is -2.60. The minimum absolute atomic E-state index is 0.00162. The molecule has 7 nitrogen and oxygen atoms in total. The van der Waals surface area contributed by atoms with Crippen LogP contribution in [0.2, 0.25) is 0 Å². The SMILES string of the molecule is Cc1nc(CN2CC(=O)N3CCCCC3C2=O)no1. The van der Waals surface area contributed by atoms with Crippen molar-refractivity contribution in [1.82, 2.24) is 19.9 Å². The van der Waals surface area contributed by atoms with Gasteiger partial charge in [0.05, 0.1) is 6.54 Å². The van der Waals surface area contributed by atoms with E-state index in [1.165, 1.54) is 4.90 Å². The third kappa shape index (κ3) is 2.20. The van der Waals surface area contributed by atoms with Crippen LogP contribution in [0.5, 0.6) is 0 Å². The van der Waals surface area contributed by atoms with Crippen molar-refractivity contribution in [2.45, 2.75) is 38.8 Å². The Morgan fingerprint density at radius 3 is 2.95 bits per heavy atom. The summed E-state index contributed by atoms with van der Waals surface area (Å²) in [6, 6.07) is -0.289. The summed E-state index contributed by atoms with van der Waals surface area (Å²) in [5, 5.41) is 3.77. The van der Waals surface area contributed by atoms with Gasteiger partial charge in [-0.15, -0.1) is 0 Å². The van der Waals surface area contributed by atoms with E-state index in [2.05, 4.69) is 10.1 Å². The summed E-state index contributed by atoms with van der Waals surface area (Å²) in [6.07, 6.45) is 2.74. The van der Waals surface area contributed by atoms with Crippen molar-refractivity contribution in [2.75, 3.05) is 13.1 Å². The molecule has 2 amide bonds. The smallest absolute Gasteiger partial charge is 0.246 e. The second-order valence-corrected chi connectivity index (χ2v) is 5.02. The first kappa shape index (κ1) is 12.1. The lowest BCUT2D eigenvalue weighted by Gasteiger charge is -2.42. The van der Waals surface area contributed by atoms with E-state index in [1.807, 2.05) is 0 Å². The number of piperidine rings is 1. The molecule has 2 saturated heterocycles. The molecule has 3 heterocycles. The highest BCUT2D eigenvalue weighted by Crippen LogP contribution is 2.23. The highest BCUT2D eigenvalue weighted by Gasteiger charge is 2.40. The average Bonchev–Trinajstić information content (AvgIpc) is 2.81. The summed E-state index contributed by atoms with van der Waals surface area (Å²) < 4.78 is 4.88. The van der Waals surface area contributed by atoms with Crippen LogP contribution < -0.4 is 0 Å². The highest BCUT2D eigenvalue weighted by atomic mass is 16.5. The van der Waals surface area contributed by atoms with Gasteiger partial charge in [0.25, 0.3) is 0 Å². The van der Waals surface area contributed by atoms with Gasteiger partial charge in [0, 0.05) is 13.5 Å². The molecule has 102 valence electrons. The third-order valence-corrected chi connectivity index (χ3v) is 3.65. The van der Waals surface area contributed by atoms with Crippen LogP contribution in [-0.2, 0) is 16.1 Å². The number of rotatable bonds is 2. The van der Waals surface area contributed by atoms with Crippen LogP contribution in [0.25, 0.3) is 0 Å². The fourth-order valence-corrected chi connectivity index (χ4v) is 2.74. The van der Waals surface area contributed by atoms with Crippen LogP contribution in [0.3, 0.4) is 0 Å². The highest BCUT2D eigenvalue weighted by molar-refractivity contribution is 5.94. The Hall–Kier alpha value is -1.92. The minimum Gasteiger partial charge on any atom is -0.340 e. The molecule has 2 aliphatic heterocycles. The van der Waals surface area contributed by atoms with E-state index in [0.29, 0.717) is 18.3 Å². The first-order valence-corrected chi connectivity index (χ1v) is 6.52. The van der Waals surface area contributed by atoms with Gasteiger partial charge in [-0.25, -0.2) is 0 Å². The third-order valence-electron chi connectivity index (χ3n) is 3.65. The summed E-state index contributed by atoms with van der Waals surface area (Å²) in [7, 11) is 0. The zero-order valence-electron chi connectivity index (χ0n) is 10.8. The number of aromatic nitrogens is 2. The quantitative estimate of drug-likeness (QED) is 0.757. The maximum atomic E-state index is 12.4. The van der Waals surface area contributed by atoms with E-state index in [4.69, 9.17) is 4.52 Å². The molecule has 0 spiro atoms. The summed E-state index contributed by atoms with van der Waals surface area (Å²) in [4.78, 5) is 31.7. The fraction of sp³-hybridized carbons (Fsp3) is 0.667. The molecule has 1 aromatic rings. The first-order valence-electron chi connectivity index (χ1n) is 6.52. The van der Waals surface area contributed by atoms with Crippen LogP contribution in [0.1, 0.15) is 31.0 Å². The Balaban J connectivity index is 1.75. The summed E-state index contributed by atoms with van der Waals surface area (Å²) >= 11 is 0. The van der Waals surface area contributed by atoms with Gasteiger partial charge in [0.1, 0.15) is 12.6 Å². The van der Waals surface area contributed by atoms with E-state index >= 15 is 0 Å². The fourth-order valence-electron chi connectivity index (χ4n) is 2.74. The number of aryl methyl sites for hydroxylation is 1. The van der Waals surface area contributed by atoms with Crippen molar-refractivity contribution in [2.24, 2.45) is 0 Å². The summed E-state index contributed by atoms with van der Waals surface area (Å²) in [5.41, 5.74) is 0. The van der Waals surface area contributed by atoms with Crippen LogP contribution in [0.15, 0.2) is 4.52 Å². The van der Waals surface area contributed by atoms with Crippen molar-refractivity contribution >= 4 is 11.8 Å². The lowest BCUT2D eigenvalue weighted by atomic mass is 9.98. The molecule has 0 bridgehead atoms. The molecule has 1 unspecified atom stereocenters. The predicted octanol–water partition coefficient (Wildman–Crippen LogP) is 0.101. The van der Waals surface area contributed by atoms with Gasteiger partial charge in [-0.05, 0) is 19.3 Å². The minimum atomic E-state index is -0.289.